The molecule has 0 unspecified atom stereocenters. The molecule has 0 aliphatic carbocycles. The quantitative estimate of drug-likeness (QED) is 0.843. The summed E-state index contributed by atoms with van der Waals surface area (Å²) in [6.07, 6.45) is 1.30. The topological polar surface area (TPSA) is 54.9 Å². The molecule has 88 valence electrons. The highest BCUT2D eigenvalue weighted by Gasteiger charge is 2.04. The van der Waals surface area contributed by atoms with Crippen LogP contribution in [0.2, 0.25) is 0 Å². The van der Waals surface area contributed by atoms with Crippen molar-refractivity contribution in [1.82, 2.24) is 9.55 Å². The zero-order chi connectivity index (χ0) is 12.4. The van der Waals surface area contributed by atoms with Gasteiger partial charge in [-0.25, -0.2) is 9.18 Å². The van der Waals surface area contributed by atoms with Gasteiger partial charge in [0.15, 0.2) is 0 Å². The van der Waals surface area contributed by atoms with E-state index in [0.29, 0.717) is 5.56 Å². The highest BCUT2D eigenvalue weighted by molar-refractivity contribution is 5.26. The molecule has 1 aromatic carbocycles. The van der Waals surface area contributed by atoms with E-state index in [-0.39, 0.29) is 17.9 Å². The molecule has 2 aromatic rings. The van der Waals surface area contributed by atoms with Crippen molar-refractivity contribution >= 4 is 0 Å². The molecule has 0 aliphatic rings. The molecule has 0 aliphatic heterocycles. The van der Waals surface area contributed by atoms with Crippen molar-refractivity contribution in [2.24, 2.45) is 0 Å². The van der Waals surface area contributed by atoms with Gasteiger partial charge < -0.3 is 4.98 Å². The van der Waals surface area contributed by atoms with Gasteiger partial charge in [0.2, 0.25) is 0 Å². The van der Waals surface area contributed by atoms with Gasteiger partial charge in [-0.2, -0.15) is 0 Å². The highest BCUT2D eigenvalue weighted by atomic mass is 19.1. The third-order valence-corrected chi connectivity index (χ3v) is 2.58. The molecular formula is C12H11FN2O2. The van der Waals surface area contributed by atoms with Gasteiger partial charge >= 0.3 is 5.69 Å². The van der Waals surface area contributed by atoms with E-state index in [0.717, 1.165) is 10.1 Å². The number of nitrogens with one attached hydrogen (secondary N) is 1. The zero-order valence-electron chi connectivity index (χ0n) is 9.24. The van der Waals surface area contributed by atoms with Crippen molar-refractivity contribution < 1.29 is 4.39 Å². The van der Waals surface area contributed by atoms with Gasteiger partial charge in [0.1, 0.15) is 5.82 Å². The zero-order valence-corrected chi connectivity index (χ0v) is 9.24. The molecule has 0 radical (unpaired) electrons. The van der Waals surface area contributed by atoms with Crippen LogP contribution in [0.15, 0.2) is 40.1 Å². The van der Waals surface area contributed by atoms with Gasteiger partial charge in [0, 0.05) is 12.3 Å². The number of benzene rings is 1. The molecule has 17 heavy (non-hydrogen) atoms. The Bertz CT molecular complexity index is 630. The van der Waals surface area contributed by atoms with Gasteiger partial charge in [-0.1, -0.05) is 6.07 Å². The Hall–Kier alpha value is -2.17. The SMILES string of the molecule is Cc1cc(F)ccc1Cn1c(=O)cc[nH]c1=O. The molecule has 0 fully saturated rings. The lowest BCUT2D eigenvalue weighted by Crippen LogP contribution is -2.34. The molecule has 1 heterocycles. The van der Waals surface area contributed by atoms with E-state index in [9.17, 15) is 14.0 Å². The number of hydrogen-bond acceptors (Lipinski definition) is 2. The minimum Gasteiger partial charge on any atom is -0.314 e. The smallest absolute Gasteiger partial charge is 0.314 e. The van der Waals surface area contributed by atoms with E-state index in [4.69, 9.17) is 0 Å². The first-order chi connectivity index (χ1) is 8.08. The predicted octanol–water partition coefficient (Wildman–Crippen LogP) is 1.03. The summed E-state index contributed by atoms with van der Waals surface area (Å²) in [4.78, 5) is 25.4. The standard InChI is InChI=1S/C12H11FN2O2/c1-8-6-10(13)3-2-9(8)7-15-11(16)4-5-14-12(15)17/h2-6H,7H2,1H3,(H,14,17). The fourth-order valence-corrected chi connectivity index (χ4v) is 1.61. The average molecular weight is 234 g/mol. The third-order valence-electron chi connectivity index (χ3n) is 2.58. The average Bonchev–Trinajstić information content (AvgIpc) is 2.26. The van der Waals surface area contributed by atoms with Crippen LogP contribution >= 0.6 is 0 Å². The molecule has 0 amide bonds. The van der Waals surface area contributed by atoms with Crippen LogP contribution in [0.25, 0.3) is 0 Å². The third kappa shape index (κ3) is 2.33. The van der Waals surface area contributed by atoms with E-state index in [1.54, 1.807) is 13.0 Å². The normalized spacial score (nSPS) is 10.5. The second-order valence-electron chi connectivity index (χ2n) is 3.78. The second-order valence-corrected chi connectivity index (χ2v) is 3.78. The van der Waals surface area contributed by atoms with Crippen LogP contribution in [0.3, 0.4) is 0 Å². The van der Waals surface area contributed by atoms with Crippen molar-refractivity contribution in [3.63, 3.8) is 0 Å². The van der Waals surface area contributed by atoms with Gasteiger partial charge in [0.25, 0.3) is 5.56 Å². The van der Waals surface area contributed by atoms with Crippen molar-refractivity contribution in [2.75, 3.05) is 0 Å². The minimum atomic E-state index is -0.471. The fraction of sp³-hybridized carbons (Fsp3) is 0.167. The summed E-state index contributed by atoms with van der Waals surface area (Å²) in [5.74, 6) is -0.333. The van der Waals surface area contributed by atoms with E-state index < -0.39 is 5.69 Å². The molecule has 1 aromatic heterocycles. The molecule has 1 N–H and O–H groups in total. The Morgan fingerprint density at radius 2 is 2.06 bits per heavy atom. The lowest BCUT2D eigenvalue weighted by molar-refractivity contribution is 0.623. The number of halogens is 1. The predicted molar refractivity (Wildman–Crippen MR) is 61.6 cm³/mol. The molecule has 0 saturated carbocycles. The minimum absolute atomic E-state index is 0.140. The summed E-state index contributed by atoms with van der Waals surface area (Å²) < 4.78 is 14.0. The summed E-state index contributed by atoms with van der Waals surface area (Å²) in [5, 5.41) is 0. The Balaban J connectivity index is 2.45. The molecule has 2 rings (SSSR count). The van der Waals surface area contributed by atoms with Crippen molar-refractivity contribution in [3.05, 3.63) is 68.2 Å². The summed E-state index contributed by atoms with van der Waals surface area (Å²) in [7, 11) is 0. The van der Waals surface area contributed by atoms with E-state index >= 15 is 0 Å². The van der Waals surface area contributed by atoms with Gasteiger partial charge in [0.05, 0.1) is 6.54 Å². The number of rotatable bonds is 2. The first-order valence-electron chi connectivity index (χ1n) is 5.11. The van der Waals surface area contributed by atoms with E-state index in [1.165, 1.54) is 24.4 Å². The van der Waals surface area contributed by atoms with Crippen LogP contribution < -0.4 is 11.2 Å². The number of aryl methyl sites for hydroxylation is 1. The van der Waals surface area contributed by atoms with Crippen molar-refractivity contribution in [3.8, 4) is 0 Å². The number of aromatic amines is 1. The Morgan fingerprint density at radius 1 is 1.29 bits per heavy atom. The lowest BCUT2D eigenvalue weighted by Gasteiger charge is -2.07. The van der Waals surface area contributed by atoms with Crippen LogP contribution in [0.5, 0.6) is 0 Å². The van der Waals surface area contributed by atoms with Crippen molar-refractivity contribution in [1.29, 1.82) is 0 Å². The van der Waals surface area contributed by atoms with Gasteiger partial charge in [-0.15, -0.1) is 0 Å². The number of hydrogen-bond donors (Lipinski definition) is 1. The first kappa shape index (κ1) is 11.3. The molecule has 5 heteroatoms. The lowest BCUT2D eigenvalue weighted by atomic mass is 10.1. The second kappa shape index (κ2) is 4.37. The van der Waals surface area contributed by atoms with Crippen LogP contribution in [-0.2, 0) is 6.54 Å². The summed E-state index contributed by atoms with van der Waals surface area (Å²) >= 11 is 0. The van der Waals surface area contributed by atoms with Crippen LogP contribution in [0.4, 0.5) is 4.39 Å². The van der Waals surface area contributed by atoms with Crippen LogP contribution in [-0.4, -0.2) is 9.55 Å². The molecule has 0 saturated heterocycles. The molecule has 0 atom stereocenters. The monoisotopic (exact) mass is 234 g/mol. The Kier molecular flexibility index (Phi) is 2.91. The first-order valence-corrected chi connectivity index (χ1v) is 5.11. The Labute approximate surface area is 96.4 Å². The molecule has 4 nitrogen and oxygen atoms in total. The number of nitrogens with zero attached hydrogens (tertiary/aromatic N) is 1. The maximum Gasteiger partial charge on any atom is 0.328 e. The number of H-pyrrole nitrogens is 1. The van der Waals surface area contributed by atoms with E-state index in [2.05, 4.69) is 4.98 Å². The summed E-state index contributed by atoms with van der Waals surface area (Å²) in [6, 6.07) is 5.53. The fourth-order valence-electron chi connectivity index (χ4n) is 1.61. The Morgan fingerprint density at radius 3 is 2.71 bits per heavy atom. The van der Waals surface area contributed by atoms with Gasteiger partial charge in [-0.3, -0.25) is 9.36 Å². The molecule has 0 spiro atoms. The van der Waals surface area contributed by atoms with Crippen molar-refractivity contribution in [2.45, 2.75) is 13.5 Å². The van der Waals surface area contributed by atoms with Crippen LogP contribution in [0, 0.1) is 12.7 Å². The maximum atomic E-state index is 12.9. The summed E-state index contributed by atoms with van der Waals surface area (Å²) in [5.41, 5.74) is 0.601. The highest BCUT2D eigenvalue weighted by Crippen LogP contribution is 2.10. The van der Waals surface area contributed by atoms with Crippen LogP contribution in [0.1, 0.15) is 11.1 Å². The summed E-state index contributed by atoms with van der Waals surface area (Å²) in [6.45, 7) is 1.88. The number of aromatic nitrogens is 2. The molecule has 0 bridgehead atoms. The van der Waals surface area contributed by atoms with Gasteiger partial charge in [-0.05, 0) is 30.2 Å². The molecular weight excluding hydrogens is 223 g/mol. The largest absolute Gasteiger partial charge is 0.328 e. The van der Waals surface area contributed by atoms with E-state index in [1.807, 2.05) is 0 Å². The maximum absolute atomic E-state index is 12.9.